The van der Waals surface area contributed by atoms with Crippen LogP contribution in [0.15, 0.2) is 17.5 Å². The molecule has 2 aromatic rings. The number of thiocarbonyl (C=S) groups is 1. The van der Waals surface area contributed by atoms with Gasteiger partial charge in [-0.25, -0.2) is 0 Å². The van der Waals surface area contributed by atoms with Gasteiger partial charge in [0.15, 0.2) is 11.4 Å². The van der Waals surface area contributed by atoms with E-state index in [9.17, 15) is 9.90 Å². The van der Waals surface area contributed by atoms with Crippen molar-refractivity contribution in [3.63, 3.8) is 0 Å². The van der Waals surface area contributed by atoms with Gasteiger partial charge >= 0.3 is 0 Å². The van der Waals surface area contributed by atoms with Crippen molar-refractivity contribution in [3.05, 3.63) is 47.5 Å². The summed E-state index contributed by atoms with van der Waals surface area (Å²) in [5.41, 5.74) is -2.09. The van der Waals surface area contributed by atoms with Crippen LogP contribution in [0.25, 0.3) is 0 Å². The van der Waals surface area contributed by atoms with Crippen molar-refractivity contribution in [2.75, 3.05) is 0 Å². The van der Waals surface area contributed by atoms with Crippen molar-refractivity contribution in [1.29, 1.82) is 0 Å². The average molecular weight is 465 g/mol. The molecule has 0 radical (unpaired) electrons. The van der Waals surface area contributed by atoms with Crippen LogP contribution in [-0.2, 0) is 0 Å². The molecule has 1 N–H and O–H groups in total. The van der Waals surface area contributed by atoms with E-state index in [0.29, 0.717) is 4.88 Å². The van der Waals surface area contributed by atoms with E-state index in [1.807, 2.05) is 0 Å². The van der Waals surface area contributed by atoms with Gasteiger partial charge in [-0.15, -0.1) is 11.3 Å². The maximum absolute atomic E-state index is 12.4. The number of hydrogen-bond acceptors (Lipinski definition) is 5. The SMILES string of the molecule is CC(O)(C(=O)c1cccs1)C(=S)Oc1c(Cl)c(Cl)c(Cl)c(Cl)c1Cl. The highest BCUT2D eigenvalue weighted by molar-refractivity contribution is 7.80. The van der Waals surface area contributed by atoms with Crippen molar-refractivity contribution in [2.45, 2.75) is 12.5 Å². The molecule has 1 atom stereocenters. The van der Waals surface area contributed by atoms with E-state index in [2.05, 4.69) is 0 Å². The van der Waals surface area contributed by atoms with Crippen LogP contribution in [0.2, 0.25) is 25.1 Å². The normalized spacial score (nSPS) is 13.5. The minimum Gasteiger partial charge on any atom is -0.443 e. The fraction of sp³-hybridized carbons (Fsp3) is 0.143. The fourth-order valence-electron chi connectivity index (χ4n) is 1.61. The highest BCUT2D eigenvalue weighted by atomic mass is 35.5. The first kappa shape index (κ1) is 20.2. The lowest BCUT2D eigenvalue weighted by atomic mass is 10.0. The first-order valence-electron chi connectivity index (χ1n) is 6.13. The van der Waals surface area contributed by atoms with E-state index in [-0.39, 0.29) is 30.9 Å². The predicted molar refractivity (Wildman–Crippen MR) is 104 cm³/mol. The Morgan fingerprint density at radius 3 is 2.08 bits per heavy atom. The van der Waals surface area contributed by atoms with Crippen molar-refractivity contribution in [2.24, 2.45) is 0 Å². The van der Waals surface area contributed by atoms with E-state index in [1.165, 1.54) is 6.92 Å². The first-order valence-corrected chi connectivity index (χ1v) is 9.31. The summed E-state index contributed by atoms with van der Waals surface area (Å²) in [7, 11) is 0. The number of ketones is 1. The molecule has 0 spiro atoms. The molecule has 10 heteroatoms. The molecule has 0 aliphatic heterocycles. The van der Waals surface area contributed by atoms with Gasteiger partial charge in [0, 0.05) is 0 Å². The molecular formula is C14H7Cl5O3S2. The lowest BCUT2D eigenvalue weighted by molar-refractivity contribution is 0.0623. The third kappa shape index (κ3) is 3.69. The lowest BCUT2D eigenvalue weighted by Crippen LogP contribution is -2.45. The number of thiophene rings is 1. The number of halogens is 5. The summed E-state index contributed by atoms with van der Waals surface area (Å²) < 4.78 is 5.35. The maximum Gasteiger partial charge on any atom is 0.212 e. The minimum atomic E-state index is -2.09. The molecule has 1 aromatic heterocycles. The van der Waals surface area contributed by atoms with Crippen LogP contribution < -0.4 is 4.74 Å². The molecule has 128 valence electrons. The molecule has 0 saturated carbocycles. The van der Waals surface area contributed by atoms with Crippen molar-refractivity contribution < 1.29 is 14.6 Å². The van der Waals surface area contributed by atoms with Gasteiger partial charge in [0.05, 0.1) is 19.9 Å². The van der Waals surface area contributed by atoms with Gasteiger partial charge in [-0.1, -0.05) is 64.1 Å². The second-order valence-electron chi connectivity index (χ2n) is 4.67. The van der Waals surface area contributed by atoms with Crippen LogP contribution >= 0.6 is 81.6 Å². The molecule has 0 aliphatic carbocycles. The number of ether oxygens (including phenoxy) is 1. The first-order chi connectivity index (χ1) is 11.1. The van der Waals surface area contributed by atoms with Gasteiger partial charge in [0.2, 0.25) is 10.8 Å². The van der Waals surface area contributed by atoms with Gasteiger partial charge < -0.3 is 9.84 Å². The van der Waals surface area contributed by atoms with Crippen LogP contribution in [0.5, 0.6) is 5.75 Å². The zero-order valence-corrected chi connectivity index (χ0v) is 17.1. The number of carbonyl (C=O) groups is 1. The van der Waals surface area contributed by atoms with Gasteiger partial charge in [0.25, 0.3) is 0 Å². The molecule has 0 aliphatic rings. The Morgan fingerprint density at radius 1 is 1.12 bits per heavy atom. The van der Waals surface area contributed by atoms with Gasteiger partial charge in [-0.05, 0) is 30.6 Å². The van der Waals surface area contributed by atoms with Crippen LogP contribution in [-0.4, -0.2) is 21.5 Å². The summed E-state index contributed by atoms with van der Waals surface area (Å²) in [5, 5.41) is 11.2. The highest BCUT2D eigenvalue weighted by Gasteiger charge is 2.39. The summed E-state index contributed by atoms with van der Waals surface area (Å²) in [6.45, 7) is 1.21. The van der Waals surface area contributed by atoms with Crippen molar-refractivity contribution >= 4 is 92.4 Å². The van der Waals surface area contributed by atoms with Crippen LogP contribution in [0.1, 0.15) is 16.6 Å². The number of hydrogen-bond donors (Lipinski definition) is 1. The van der Waals surface area contributed by atoms with E-state index in [1.54, 1.807) is 17.5 Å². The molecule has 1 aromatic carbocycles. The fourth-order valence-corrected chi connectivity index (χ4v) is 3.75. The number of benzene rings is 1. The summed E-state index contributed by atoms with van der Waals surface area (Å²) in [6, 6.07) is 3.23. The molecule has 1 heterocycles. The third-order valence-electron chi connectivity index (χ3n) is 2.95. The molecule has 1 unspecified atom stereocenters. The molecule has 3 nitrogen and oxygen atoms in total. The summed E-state index contributed by atoms with van der Waals surface area (Å²) in [6.07, 6.45) is 0. The Bertz CT molecular complexity index is 789. The summed E-state index contributed by atoms with van der Waals surface area (Å²) >= 11 is 36.0. The Balaban J connectivity index is 2.38. The maximum atomic E-state index is 12.4. The van der Waals surface area contributed by atoms with E-state index in [0.717, 1.165) is 11.3 Å². The number of carbonyl (C=O) groups excluding carboxylic acids is 1. The second-order valence-corrected chi connectivity index (χ2v) is 7.88. The monoisotopic (exact) mass is 462 g/mol. The van der Waals surface area contributed by atoms with E-state index < -0.39 is 16.4 Å². The highest BCUT2D eigenvalue weighted by Crippen LogP contribution is 2.48. The van der Waals surface area contributed by atoms with Crippen LogP contribution in [0, 0.1) is 0 Å². The van der Waals surface area contributed by atoms with Crippen molar-refractivity contribution in [1.82, 2.24) is 0 Å². The zero-order chi connectivity index (χ0) is 18.2. The Kier molecular flexibility index (Phi) is 6.43. The third-order valence-corrected chi connectivity index (χ3v) is 6.54. The molecule has 2 rings (SSSR count). The quantitative estimate of drug-likeness (QED) is 0.248. The minimum absolute atomic E-state index is 0.0481. The molecule has 24 heavy (non-hydrogen) atoms. The Labute approximate surface area is 172 Å². The van der Waals surface area contributed by atoms with Gasteiger partial charge in [-0.3, -0.25) is 4.79 Å². The average Bonchev–Trinajstić information content (AvgIpc) is 3.08. The lowest BCUT2D eigenvalue weighted by Gasteiger charge is -2.23. The second kappa shape index (κ2) is 7.64. The van der Waals surface area contributed by atoms with Gasteiger partial charge in [-0.2, -0.15) is 0 Å². The predicted octanol–water partition coefficient (Wildman–Crippen LogP) is 6.36. The van der Waals surface area contributed by atoms with Crippen molar-refractivity contribution in [3.8, 4) is 5.75 Å². The smallest absolute Gasteiger partial charge is 0.212 e. The topological polar surface area (TPSA) is 46.5 Å². The molecule has 0 saturated heterocycles. The number of aliphatic hydroxyl groups is 1. The molecule has 0 amide bonds. The Morgan fingerprint density at radius 2 is 1.62 bits per heavy atom. The standard InChI is InChI=1S/C14H7Cl5O3S2/c1-14(21,12(20)5-3-2-4-24-5)13(23)22-11-9(18)7(16)6(15)8(17)10(11)19/h2-4,21H,1H3. The van der Waals surface area contributed by atoms with E-state index >= 15 is 0 Å². The van der Waals surface area contributed by atoms with Gasteiger partial charge in [0.1, 0.15) is 10.0 Å². The Hall–Kier alpha value is -0.110. The molecular weight excluding hydrogens is 458 g/mol. The van der Waals surface area contributed by atoms with E-state index in [4.69, 9.17) is 75.0 Å². The number of Topliss-reactive ketones (excluding diaryl/α,β-unsaturated/α-hetero) is 1. The molecule has 0 bridgehead atoms. The summed E-state index contributed by atoms with van der Waals surface area (Å²) in [4.78, 5) is 12.7. The number of rotatable bonds is 4. The molecule has 0 fully saturated rings. The zero-order valence-electron chi connectivity index (χ0n) is 11.7. The van der Waals surface area contributed by atoms with Crippen LogP contribution in [0.4, 0.5) is 0 Å². The summed E-state index contributed by atoms with van der Waals surface area (Å²) in [5.74, 6) is -0.817. The largest absolute Gasteiger partial charge is 0.443 e. The van der Waals surface area contributed by atoms with Crippen LogP contribution in [0.3, 0.4) is 0 Å².